The molecule has 2 aromatic rings. The molecule has 0 aromatic heterocycles. The van der Waals surface area contributed by atoms with Gasteiger partial charge in [0.25, 0.3) is 17.1 Å². The van der Waals surface area contributed by atoms with Gasteiger partial charge in [0.05, 0.1) is 16.4 Å². The third-order valence-electron chi connectivity index (χ3n) is 4.03. The third kappa shape index (κ3) is 6.09. The molecular weight excluding hydrogens is 458 g/mol. The number of carbonyl (C=O) groups excluding carboxylic acids is 3. The van der Waals surface area contributed by atoms with Crippen LogP contribution in [0.5, 0.6) is 11.5 Å². The van der Waals surface area contributed by atoms with Gasteiger partial charge in [-0.2, -0.15) is 0 Å². The summed E-state index contributed by atoms with van der Waals surface area (Å²) in [7, 11) is -3.82. The number of carbonyl (C=O) groups is 3. The molecule has 0 bridgehead atoms. The van der Waals surface area contributed by atoms with E-state index < -0.39 is 27.1 Å². The molecule has 0 unspecified atom stereocenters. The molecule has 12 heteroatoms. The average Bonchev–Trinajstić information content (AvgIpc) is 3.04. The molecule has 2 aromatic carbocycles. The lowest BCUT2D eigenvalue weighted by Crippen LogP contribution is -2.20. The molecule has 32 heavy (non-hydrogen) atoms. The maximum absolute atomic E-state index is 12.2. The normalized spacial score (nSPS) is 14.9. The van der Waals surface area contributed by atoms with Crippen LogP contribution in [-0.2, 0) is 19.6 Å². The molecule has 1 saturated heterocycles. The van der Waals surface area contributed by atoms with Crippen molar-refractivity contribution in [1.29, 1.82) is 0 Å². The minimum absolute atomic E-state index is 0.0685. The first kappa shape index (κ1) is 23.3. The Labute approximate surface area is 188 Å². The molecule has 168 valence electrons. The lowest BCUT2D eigenvalue weighted by molar-refractivity contribution is -0.118. The van der Waals surface area contributed by atoms with Crippen LogP contribution in [0.15, 0.2) is 52.3 Å². The molecule has 0 spiro atoms. The second-order valence-corrected chi connectivity index (χ2v) is 8.97. The highest BCUT2D eigenvalue weighted by Gasteiger charge is 2.25. The Balaban J connectivity index is 1.66. The van der Waals surface area contributed by atoms with E-state index in [0.717, 1.165) is 11.8 Å². The summed E-state index contributed by atoms with van der Waals surface area (Å²) in [6, 6.07) is 10.3. The minimum Gasteiger partial charge on any atom is -0.490 e. The van der Waals surface area contributed by atoms with E-state index in [1.54, 1.807) is 31.2 Å². The van der Waals surface area contributed by atoms with Crippen molar-refractivity contribution in [2.24, 2.45) is 5.14 Å². The van der Waals surface area contributed by atoms with Crippen molar-refractivity contribution in [1.82, 2.24) is 5.32 Å². The highest BCUT2D eigenvalue weighted by atomic mass is 32.2. The van der Waals surface area contributed by atoms with Crippen LogP contribution in [-0.4, -0.2) is 38.7 Å². The minimum atomic E-state index is -3.82. The molecule has 4 N–H and O–H groups in total. The molecule has 0 aliphatic carbocycles. The number of imide groups is 1. The van der Waals surface area contributed by atoms with E-state index in [2.05, 4.69) is 10.6 Å². The van der Waals surface area contributed by atoms with Crippen molar-refractivity contribution in [2.75, 3.05) is 18.5 Å². The van der Waals surface area contributed by atoms with E-state index in [1.807, 2.05) is 0 Å². The number of primary sulfonamides is 1. The van der Waals surface area contributed by atoms with Crippen LogP contribution < -0.4 is 25.2 Å². The lowest BCUT2D eigenvalue weighted by Gasteiger charge is -2.13. The van der Waals surface area contributed by atoms with Gasteiger partial charge in [-0.15, -0.1) is 0 Å². The Morgan fingerprint density at radius 1 is 1.12 bits per heavy atom. The summed E-state index contributed by atoms with van der Waals surface area (Å²) < 4.78 is 33.7. The highest BCUT2D eigenvalue weighted by Crippen LogP contribution is 2.31. The van der Waals surface area contributed by atoms with Crippen molar-refractivity contribution in [3.8, 4) is 11.5 Å². The van der Waals surface area contributed by atoms with Gasteiger partial charge >= 0.3 is 0 Å². The average molecular weight is 478 g/mol. The lowest BCUT2D eigenvalue weighted by atomic mass is 10.2. The number of sulfonamides is 1. The second-order valence-electron chi connectivity index (χ2n) is 6.40. The molecule has 1 aliphatic heterocycles. The maximum atomic E-state index is 12.2. The molecule has 0 atom stereocenters. The van der Waals surface area contributed by atoms with Crippen molar-refractivity contribution >= 4 is 50.6 Å². The summed E-state index contributed by atoms with van der Waals surface area (Å²) in [6.07, 6.45) is 1.55. The largest absolute Gasteiger partial charge is 0.490 e. The first-order chi connectivity index (χ1) is 15.2. The maximum Gasteiger partial charge on any atom is 0.290 e. The van der Waals surface area contributed by atoms with Gasteiger partial charge in [-0.05, 0) is 66.7 Å². The standard InChI is InChI=1S/C20H19N3O7S2/c1-2-29-16-9-12(10-17-19(25)23-20(26)31-17)3-8-15(16)30-11-18(24)22-13-4-6-14(7-5-13)32(21,27)28/h3-10H,2,11H2,1H3,(H,22,24)(H2,21,27,28)(H,23,25,26)/b17-10-. The first-order valence-corrected chi connectivity index (χ1v) is 11.6. The second kappa shape index (κ2) is 9.85. The summed E-state index contributed by atoms with van der Waals surface area (Å²) in [5.74, 6) is -0.262. The first-order valence-electron chi connectivity index (χ1n) is 9.23. The molecular formula is C20H19N3O7S2. The zero-order valence-corrected chi connectivity index (χ0v) is 18.4. The molecule has 3 amide bonds. The van der Waals surface area contributed by atoms with E-state index in [-0.39, 0.29) is 16.4 Å². The van der Waals surface area contributed by atoms with Gasteiger partial charge in [0, 0.05) is 5.69 Å². The summed E-state index contributed by atoms with van der Waals surface area (Å²) in [4.78, 5) is 35.4. The van der Waals surface area contributed by atoms with Gasteiger partial charge in [0.2, 0.25) is 10.0 Å². The Bertz CT molecular complexity index is 1190. The SMILES string of the molecule is CCOc1cc(/C=C2\SC(=O)NC2=O)ccc1OCC(=O)Nc1ccc(S(N)(=O)=O)cc1. The molecule has 1 fully saturated rings. The Kier molecular flexibility index (Phi) is 7.18. The number of nitrogens with one attached hydrogen (secondary N) is 2. The van der Waals surface area contributed by atoms with Crippen LogP contribution in [0.25, 0.3) is 6.08 Å². The molecule has 0 saturated carbocycles. The van der Waals surface area contributed by atoms with Gasteiger partial charge in [-0.1, -0.05) is 6.07 Å². The summed E-state index contributed by atoms with van der Waals surface area (Å²) >= 11 is 0.805. The van der Waals surface area contributed by atoms with Crippen molar-refractivity contribution in [2.45, 2.75) is 11.8 Å². The van der Waals surface area contributed by atoms with Crippen LogP contribution in [0.1, 0.15) is 12.5 Å². The number of anilines is 1. The number of rotatable bonds is 8. The third-order valence-corrected chi connectivity index (χ3v) is 5.77. The number of amides is 3. The number of thioether (sulfide) groups is 1. The number of hydrogen-bond donors (Lipinski definition) is 3. The summed E-state index contributed by atoms with van der Waals surface area (Å²) in [5.41, 5.74) is 0.993. The Morgan fingerprint density at radius 3 is 2.44 bits per heavy atom. The van der Waals surface area contributed by atoms with Crippen LogP contribution in [0.2, 0.25) is 0 Å². The Hall–Kier alpha value is -3.35. The van der Waals surface area contributed by atoms with Gasteiger partial charge in [-0.25, -0.2) is 13.6 Å². The Morgan fingerprint density at radius 2 is 1.84 bits per heavy atom. The van der Waals surface area contributed by atoms with E-state index in [4.69, 9.17) is 14.6 Å². The number of benzene rings is 2. The number of hydrogen-bond acceptors (Lipinski definition) is 8. The smallest absolute Gasteiger partial charge is 0.290 e. The van der Waals surface area contributed by atoms with Gasteiger partial charge in [0.1, 0.15) is 0 Å². The van der Waals surface area contributed by atoms with Crippen LogP contribution in [0.4, 0.5) is 10.5 Å². The molecule has 1 heterocycles. The molecule has 10 nitrogen and oxygen atoms in total. The molecule has 1 aliphatic rings. The van der Waals surface area contributed by atoms with Gasteiger partial charge < -0.3 is 14.8 Å². The monoisotopic (exact) mass is 477 g/mol. The van der Waals surface area contributed by atoms with E-state index in [1.165, 1.54) is 24.3 Å². The highest BCUT2D eigenvalue weighted by molar-refractivity contribution is 8.18. The van der Waals surface area contributed by atoms with Crippen LogP contribution >= 0.6 is 11.8 Å². The zero-order valence-electron chi connectivity index (χ0n) is 16.8. The quantitative estimate of drug-likeness (QED) is 0.488. The predicted molar refractivity (Wildman–Crippen MR) is 119 cm³/mol. The topological polar surface area (TPSA) is 154 Å². The van der Waals surface area contributed by atoms with Crippen molar-refractivity contribution in [3.63, 3.8) is 0 Å². The fourth-order valence-electron chi connectivity index (χ4n) is 2.64. The van der Waals surface area contributed by atoms with Gasteiger partial charge in [0.15, 0.2) is 18.1 Å². The fourth-order valence-corrected chi connectivity index (χ4v) is 3.84. The molecule has 0 radical (unpaired) electrons. The van der Waals surface area contributed by atoms with Crippen LogP contribution in [0.3, 0.4) is 0 Å². The zero-order chi connectivity index (χ0) is 23.3. The van der Waals surface area contributed by atoms with Gasteiger partial charge in [-0.3, -0.25) is 19.7 Å². The van der Waals surface area contributed by atoms with E-state index >= 15 is 0 Å². The number of ether oxygens (including phenoxy) is 2. The van der Waals surface area contributed by atoms with Crippen LogP contribution in [0, 0.1) is 0 Å². The van der Waals surface area contributed by atoms with Crippen molar-refractivity contribution in [3.05, 3.63) is 52.9 Å². The number of nitrogens with two attached hydrogens (primary N) is 1. The molecule has 3 rings (SSSR count). The predicted octanol–water partition coefficient (Wildman–Crippen LogP) is 2.07. The van der Waals surface area contributed by atoms with E-state index in [9.17, 15) is 22.8 Å². The van der Waals surface area contributed by atoms with E-state index in [0.29, 0.717) is 29.4 Å². The summed E-state index contributed by atoms with van der Waals surface area (Å²) in [5, 5.41) is 9.37. The van der Waals surface area contributed by atoms with Crippen molar-refractivity contribution < 1.29 is 32.3 Å². The fraction of sp³-hybridized carbons (Fsp3) is 0.150. The summed E-state index contributed by atoms with van der Waals surface area (Å²) in [6.45, 7) is 1.79.